The molecular formula is C50H43N3O5. The van der Waals surface area contributed by atoms with Crippen molar-refractivity contribution >= 4 is 32.3 Å². The number of nitrogens with one attached hydrogen (secondary N) is 2. The largest absolute Gasteiger partial charge is 0.390 e. The van der Waals surface area contributed by atoms with E-state index < -0.39 is 35.3 Å². The molecule has 288 valence electrons. The maximum Gasteiger partial charge on any atom is 0.330 e. The number of aliphatic hydroxyl groups excluding tert-OH is 1. The van der Waals surface area contributed by atoms with Crippen LogP contribution in [0.4, 0.5) is 0 Å². The molecule has 0 saturated carbocycles. The van der Waals surface area contributed by atoms with Crippen molar-refractivity contribution in [1.29, 1.82) is 0 Å². The maximum absolute atomic E-state index is 13.1. The first-order valence-corrected chi connectivity index (χ1v) is 19.7. The van der Waals surface area contributed by atoms with Gasteiger partial charge in [0.25, 0.3) is 5.56 Å². The number of hydrogen-bond acceptors (Lipinski definition) is 6. The number of ether oxygens (including phenoxy) is 2. The highest BCUT2D eigenvalue weighted by atomic mass is 16.6. The number of hydrogen-bond donors (Lipinski definition) is 3. The Morgan fingerprint density at radius 3 is 2.09 bits per heavy atom. The molecule has 8 nitrogen and oxygen atoms in total. The zero-order chi connectivity index (χ0) is 39.8. The molecule has 0 amide bonds. The standard InChI is InChI=1S/C50H43N3O5/c1-32-13-22-40(23-14-32)50(39-11-4-3-5-12-39,41-24-15-33(2)16-25-41)57-31-44-43(54)28-45(58-44)53-30-38(48(55)52-49(53)56)10-7-27-51-29-37-20-19-36-18-17-34-8-6-9-35-21-26-42(37)47(36)46(34)35/h3-6,8-9,11-26,30,43-45,51,54H,27-29,31H2,1-2H3,(H,52,55,56)/t43-,44+,45+/m0/s1. The molecular weight excluding hydrogens is 723 g/mol. The van der Waals surface area contributed by atoms with Gasteiger partial charge >= 0.3 is 5.69 Å². The van der Waals surface area contributed by atoms with Crippen LogP contribution in [0.2, 0.25) is 0 Å². The lowest BCUT2D eigenvalue weighted by molar-refractivity contribution is -0.0944. The average Bonchev–Trinajstić information content (AvgIpc) is 3.62. The predicted octanol–water partition coefficient (Wildman–Crippen LogP) is 7.85. The number of aromatic amines is 1. The van der Waals surface area contributed by atoms with E-state index in [4.69, 9.17) is 9.47 Å². The average molecular weight is 766 g/mol. The lowest BCUT2D eigenvalue weighted by Crippen LogP contribution is -2.38. The summed E-state index contributed by atoms with van der Waals surface area (Å²) < 4.78 is 14.6. The van der Waals surface area contributed by atoms with Crippen molar-refractivity contribution in [3.05, 3.63) is 199 Å². The van der Waals surface area contributed by atoms with Gasteiger partial charge in [-0.1, -0.05) is 156 Å². The van der Waals surface area contributed by atoms with Crippen LogP contribution in [0.1, 0.15) is 51.6 Å². The topological polar surface area (TPSA) is 106 Å². The van der Waals surface area contributed by atoms with E-state index in [1.54, 1.807) is 0 Å². The Morgan fingerprint density at radius 2 is 1.40 bits per heavy atom. The van der Waals surface area contributed by atoms with Crippen molar-refractivity contribution in [2.45, 2.75) is 50.8 Å². The van der Waals surface area contributed by atoms with Crippen LogP contribution in [-0.2, 0) is 21.6 Å². The molecule has 2 heterocycles. The van der Waals surface area contributed by atoms with Crippen LogP contribution in [0.15, 0.2) is 149 Å². The number of H-pyrrole nitrogens is 1. The van der Waals surface area contributed by atoms with Crippen LogP contribution in [0, 0.1) is 25.7 Å². The molecule has 0 unspecified atom stereocenters. The maximum atomic E-state index is 13.1. The normalized spacial score (nSPS) is 16.9. The lowest BCUT2D eigenvalue weighted by Gasteiger charge is -2.37. The highest BCUT2D eigenvalue weighted by Crippen LogP contribution is 2.42. The summed E-state index contributed by atoms with van der Waals surface area (Å²) in [6, 6.07) is 46.0. The zero-order valence-corrected chi connectivity index (χ0v) is 32.4. The molecule has 1 fully saturated rings. The Morgan fingerprint density at radius 1 is 0.776 bits per heavy atom. The lowest BCUT2D eigenvalue weighted by atomic mass is 9.79. The molecule has 1 aliphatic rings. The Kier molecular flexibility index (Phi) is 9.98. The van der Waals surface area contributed by atoms with Crippen LogP contribution in [0.3, 0.4) is 0 Å². The monoisotopic (exact) mass is 765 g/mol. The fraction of sp³-hybridized carbons (Fsp3) is 0.200. The van der Waals surface area contributed by atoms with Crippen molar-refractivity contribution < 1.29 is 14.6 Å². The van der Waals surface area contributed by atoms with Gasteiger partial charge in [-0.3, -0.25) is 14.3 Å². The third-order valence-corrected chi connectivity index (χ3v) is 11.4. The van der Waals surface area contributed by atoms with E-state index in [2.05, 4.69) is 125 Å². The van der Waals surface area contributed by atoms with Crippen LogP contribution >= 0.6 is 0 Å². The van der Waals surface area contributed by atoms with Crippen molar-refractivity contribution in [3.8, 4) is 11.8 Å². The van der Waals surface area contributed by atoms with E-state index in [0.29, 0.717) is 13.1 Å². The zero-order valence-electron chi connectivity index (χ0n) is 32.4. The van der Waals surface area contributed by atoms with E-state index >= 15 is 0 Å². The molecule has 7 aromatic carbocycles. The van der Waals surface area contributed by atoms with Crippen molar-refractivity contribution in [1.82, 2.24) is 14.9 Å². The van der Waals surface area contributed by atoms with Crippen LogP contribution in [0.25, 0.3) is 32.3 Å². The SMILES string of the molecule is Cc1ccc(C(OC[C@H]2O[C@@H](n3cc(C#CCNCc4ccc5ccc6cccc7ccc4c5c67)c(=O)[nH]c3=O)C[C@@H]2O)(c2ccccc2)c2ccc(C)cc2)cc1. The smallest absolute Gasteiger partial charge is 0.330 e. The van der Waals surface area contributed by atoms with Crippen LogP contribution < -0.4 is 16.6 Å². The molecule has 0 aliphatic carbocycles. The van der Waals surface area contributed by atoms with Gasteiger partial charge in [0.15, 0.2) is 0 Å². The highest BCUT2D eigenvalue weighted by Gasteiger charge is 2.42. The summed E-state index contributed by atoms with van der Waals surface area (Å²) in [5, 5.41) is 22.1. The molecule has 3 atom stereocenters. The number of rotatable bonds is 10. The Labute approximate surface area is 336 Å². The quantitative estimate of drug-likeness (QED) is 0.0567. The minimum absolute atomic E-state index is 0.0247. The molecule has 8 heteroatoms. The van der Waals surface area contributed by atoms with Gasteiger partial charge in [-0.15, -0.1) is 0 Å². The van der Waals surface area contributed by atoms with E-state index in [1.165, 1.54) is 43.1 Å². The second-order valence-corrected chi connectivity index (χ2v) is 15.2. The summed E-state index contributed by atoms with van der Waals surface area (Å²) in [7, 11) is 0. The summed E-state index contributed by atoms with van der Waals surface area (Å²) in [6.07, 6.45) is -0.997. The Bertz CT molecular complexity index is 2860. The first-order chi connectivity index (χ1) is 28.3. The Hall–Kier alpha value is -6.34. The van der Waals surface area contributed by atoms with Gasteiger partial charge in [-0.05, 0) is 68.4 Å². The molecule has 0 bridgehead atoms. The van der Waals surface area contributed by atoms with Gasteiger partial charge < -0.3 is 19.9 Å². The molecule has 9 rings (SSSR count). The van der Waals surface area contributed by atoms with Gasteiger partial charge in [0, 0.05) is 19.2 Å². The minimum atomic E-state index is -1.02. The van der Waals surface area contributed by atoms with Gasteiger partial charge in [-0.25, -0.2) is 4.79 Å². The van der Waals surface area contributed by atoms with Crippen LogP contribution in [-0.4, -0.2) is 40.0 Å². The van der Waals surface area contributed by atoms with E-state index in [1.807, 2.05) is 44.2 Å². The predicted molar refractivity (Wildman–Crippen MR) is 229 cm³/mol. The molecule has 1 aliphatic heterocycles. The summed E-state index contributed by atoms with van der Waals surface area (Å²) >= 11 is 0. The third-order valence-electron chi connectivity index (χ3n) is 11.4. The van der Waals surface area contributed by atoms with Crippen LogP contribution in [0.5, 0.6) is 0 Å². The van der Waals surface area contributed by atoms with E-state index in [-0.39, 0.29) is 18.6 Å². The molecule has 8 aromatic rings. The number of nitrogens with zero attached hydrogens (tertiary/aromatic N) is 1. The van der Waals surface area contributed by atoms with Gasteiger partial charge in [0.05, 0.1) is 19.3 Å². The number of aromatic nitrogens is 2. The molecule has 58 heavy (non-hydrogen) atoms. The summed E-state index contributed by atoms with van der Waals surface area (Å²) in [5.74, 6) is 5.99. The summed E-state index contributed by atoms with van der Waals surface area (Å²) in [4.78, 5) is 28.4. The first-order valence-electron chi connectivity index (χ1n) is 19.7. The number of benzene rings is 7. The van der Waals surface area contributed by atoms with Crippen molar-refractivity contribution in [3.63, 3.8) is 0 Å². The van der Waals surface area contributed by atoms with Gasteiger partial charge in [0.1, 0.15) is 23.5 Å². The molecule has 3 N–H and O–H groups in total. The summed E-state index contributed by atoms with van der Waals surface area (Å²) in [6.45, 7) is 5.04. The van der Waals surface area contributed by atoms with E-state index in [0.717, 1.165) is 33.4 Å². The number of aryl methyl sites for hydroxylation is 2. The van der Waals surface area contributed by atoms with Gasteiger partial charge in [-0.2, -0.15) is 0 Å². The van der Waals surface area contributed by atoms with Crippen molar-refractivity contribution in [2.24, 2.45) is 0 Å². The fourth-order valence-electron chi connectivity index (χ4n) is 8.38. The van der Waals surface area contributed by atoms with E-state index in [9.17, 15) is 14.7 Å². The first kappa shape index (κ1) is 37.2. The minimum Gasteiger partial charge on any atom is -0.390 e. The molecule has 0 spiro atoms. The Balaban J connectivity index is 0.924. The van der Waals surface area contributed by atoms with Crippen molar-refractivity contribution in [2.75, 3.05) is 13.2 Å². The third kappa shape index (κ3) is 6.89. The number of aliphatic hydroxyl groups is 1. The highest BCUT2D eigenvalue weighted by molar-refractivity contribution is 6.23. The molecule has 1 aromatic heterocycles. The molecule has 1 saturated heterocycles. The second kappa shape index (κ2) is 15.5. The van der Waals surface area contributed by atoms with Gasteiger partial charge in [0.2, 0.25) is 0 Å². The summed E-state index contributed by atoms with van der Waals surface area (Å²) in [5.41, 5.74) is 4.09. The molecule has 0 radical (unpaired) electrons. The second-order valence-electron chi connectivity index (χ2n) is 15.2. The fourth-order valence-corrected chi connectivity index (χ4v) is 8.38.